The van der Waals surface area contributed by atoms with Gasteiger partial charge in [-0.3, -0.25) is 29.2 Å². The molecular formula is C41H46N4O8Si. The van der Waals surface area contributed by atoms with Crippen LogP contribution in [0.2, 0.25) is 18.1 Å². The number of pyridine rings is 1. The number of aromatic hydroxyl groups is 1. The molecule has 2 N–H and O–H groups in total. The first-order chi connectivity index (χ1) is 25.5. The average Bonchev–Trinajstić information content (AvgIpc) is 3.52. The summed E-state index contributed by atoms with van der Waals surface area (Å²) < 4.78 is 19.3. The van der Waals surface area contributed by atoms with Crippen molar-refractivity contribution in [3.05, 3.63) is 106 Å². The number of allylic oxidation sites excluding steroid dienone is 1. The molecule has 1 unspecified atom stereocenters. The Bertz CT molecular complexity index is 2180. The van der Waals surface area contributed by atoms with E-state index >= 15 is 4.79 Å². The van der Waals surface area contributed by atoms with Crippen molar-refractivity contribution < 1.29 is 38.3 Å². The monoisotopic (exact) mass is 750 g/mol. The van der Waals surface area contributed by atoms with E-state index in [-0.39, 0.29) is 53.7 Å². The summed E-state index contributed by atoms with van der Waals surface area (Å²) in [5.41, 5.74) is 0.455. The van der Waals surface area contributed by atoms with E-state index in [2.05, 4.69) is 10.1 Å². The van der Waals surface area contributed by atoms with E-state index in [1.54, 1.807) is 30.6 Å². The molecule has 4 atom stereocenters. The molecule has 2 aromatic carbocycles. The number of ether oxygens (including phenoxy) is 1. The molecule has 13 heteroatoms. The van der Waals surface area contributed by atoms with Crippen LogP contribution in [-0.2, 0) is 22.2 Å². The molecule has 0 saturated heterocycles. The van der Waals surface area contributed by atoms with Crippen molar-refractivity contribution in [2.75, 3.05) is 19.0 Å². The number of Topliss-reactive ketones (excluding diaryl/α,β-unsaturated/α-hetero) is 2. The SMILES string of the molecule is CC(=O)N(c1ccncc1)c1cc(O)c2c(c1)C[C@H]1C[C@H]3[C@H](N(C)C)c4onc(OCc5ccccc5)c4C(=O)C3(O[Si](C)(C)C(C)(C)C)C(O)=C1C2=O. The number of carbonyl (C=O) groups excluding carboxylic acids is 3. The van der Waals surface area contributed by atoms with E-state index in [0.717, 1.165) is 5.56 Å². The van der Waals surface area contributed by atoms with Crippen molar-refractivity contribution in [2.24, 2.45) is 11.8 Å². The van der Waals surface area contributed by atoms with Gasteiger partial charge in [0.05, 0.1) is 23.0 Å². The number of rotatable bonds is 8. The van der Waals surface area contributed by atoms with Gasteiger partial charge in [0.2, 0.25) is 11.7 Å². The number of ketones is 2. The smallest absolute Gasteiger partial charge is 0.265 e. The van der Waals surface area contributed by atoms with E-state index in [1.807, 2.05) is 83.2 Å². The van der Waals surface area contributed by atoms with Crippen molar-refractivity contribution in [3.63, 3.8) is 0 Å². The Balaban J connectivity index is 1.40. The van der Waals surface area contributed by atoms with Crippen molar-refractivity contribution in [2.45, 2.75) is 76.9 Å². The third-order valence-corrected chi connectivity index (χ3v) is 16.0. The second-order valence-electron chi connectivity index (χ2n) is 16.2. The van der Waals surface area contributed by atoms with E-state index in [0.29, 0.717) is 22.7 Å². The van der Waals surface area contributed by atoms with Crippen LogP contribution in [0, 0.1) is 11.8 Å². The van der Waals surface area contributed by atoms with E-state index in [9.17, 15) is 19.8 Å². The van der Waals surface area contributed by atoms with Gasteiger partial charge in [-0.2, -0.15) is 0 Å². The van der Waals surface area contributed by atoms with Crippen molar-refractivity contribution in [1.29, 1.82) is 0 Å². The zero-order valence-electron chi connectivity index (χ0n) is 31.8. The highest BCUT2D eigenvalue weighted by Gasteiger charge is 2.67. The molecule has 0 saturated carbocycles. The van der Waals surface area contributed by atoms with Crippen LogP contribution in [0.15, 0.2) is 82.8 Å². The second kappa shape index (κ2) is 13.3. The summed E-state index contributed by atoms with van der Waals surface area (Å²) in [6.45, 7) is 11.7. The van der Waals surface area contributed by atoms with Crippen LogP contribution in [0.3, 0.4) is 0 Å². The van der Waals surface area contributed by atoms with E-state index in [4.69, 9.17) is 13.7 Å². The molecule has 3 aliphatic rings. The largest absolute Gasteiger partial charge is 0.508 e. The number of phenolic OH excluding ortho intramolecular Hbond substituents is 1. The van der Waals surface area contributed by atoms with Gasteiger partial charge in [-0.05, 0) is 85.5 Å². The van der Waals surface area contributed by atoms with E-state index in [1.165, 1.54) is 17.9 Å². The fraction of sp³-hybridized carbons (Fsp3) is 0.390. The van der Waals surface area contributed by atoms with Crippen molar-refractivity contribution >= 4 is 37.2 Å². The van der Waals surface area contributed by atoms with Crippen LogP contribution in [0.1, 0.15) is 77.8 Å². The first kappa shape index (κ1) is 37.2. The van der Waals surface area contributed by atoms with Crippen molar-refractivity contribution in [3.8, 4) is 11.6 Å². The Morgan fingerprint density at radius 2 is 1.70 bits per heavy atom. The molecule has 0 fully saturated rings. The molecular weight excluding hydrogens is 705 g/mol. The molecule has 0 radical (unpaired) electrons. The fourth-order valence-electron chi connectivity index (χ4n) is 8.10. The molecule has 2 aromatic heterocycles. The molecule has 3 aliphatic carbocycles. The highest BCUT2D eigenvalue weighted by molar-refractivity contribution is 6.74. The molecule has 12 nitrogen and oxygen atoms in total. The molecule has 0 bridgehead atoms. The fourth-order valence-corrected chi connectivity index (χ4v) is 9.56. The Labute approximate surface area is 315 Å². The number of aliphatic hydroxyl groups excluding tert-OH is 1. The van der Waals surface area contributed by atoms with Crippen LogP contribution in [0.5, 0.6) is 11.6 Å². The summed E-state index contributed by atoms with van der Waals surface area (Å²) in [4.78, 5) is 50.4. The molecule has 54 heavy (non-hydrogen) atoms. The number of hydrogen-bond donors (Lipinski definition) is 2. The number of carbonyl (C=O) groups is 3. The van der Waals surface area contributed by atoms with E-state index < -0.39 is 54.2 Å². The maximum atomic E-state index is 15.4. The lowest BCUT2D eigenvalue weighted by Crippen LogP contribution is -2.65. The average molecular weight is 751 g/mol. The van der Waals surface area contributed by atoms with Gasteiger partial charge in [0.1, 0.15) is 23.7 Å². The number of hydrogen-bond acceptors (Lipinski definition) is 11. The van der Waals surface area contributed by atoms with Gasteiger partial charge in [-0.1, -0.05) is 51.1 Å². The van der Waals surface area contributed by atoms with Gasteiger partial charge in [-0.25, -0.2) is 0 Å². The van der Waals surface area contributed by atoms with Crippen LogP contribution in [0.4, 0.5) is 11.4 Å². The van der Waals surface area contributed by atoms with Gasteiger partial charge >= 0.3 is 0 Å². The molecule has 282 valence electrons. The third kappa shape index (κ3) is 5.85. The molecule has 4 aromatic rings. The standard InChI is InChI=1S/C41H46N4O8Si/c1-23(46)45(27-14-16-42-17-15-27)28-19-25-18-26-20-29-34(44(5)6)36-33(39(43-52-36)51-22-24-12-10-9-11-13-24)38(50)41(29,53-54(7,8)40(2,3)4)37(49)32(26)35(48)31(25)30(47)21-28/h9-17,19,21,26,29,34,47,49H,18,20,22H2,1-8H3/t26-,29-,34-,41?/m0/s1. The van der Waals surface area contributed by atoms with Crippen LogP contribution < -0.4 is 9.64 Å². The zero-order valence-corrected chi connectivity index (χ0v) is 32.8. The Morgan fingerprint density at radius 1 is 1.02 bits per heavy atom. The summed E-state index contributed by atoms with van der Waals surface area (Å²) in [5.74, 6) is -3.23. The predicted molar refractivity (Wildman–Crippen MR) is 203 cm³/mol. The van der Waals surface area contributed by atoms with Crippen LogP contribution in [0.25, 0.3) is 0 Å². The normalized spacial score (nSPS) is 22.4. The second-order valence-corrected chi connectivity index (χ2v) is 21.0. The van der Waals surface area contributed by atoms with Gasteiger partial charge in [-0.15, -0.1) is 0 Å². The topological polar surface area (TPSA) is 156 Å². The number of amides is 1. The maximum Gasteiger partial charge on any atom is 0.265 e. The minimum atomic E-state index is -2.90. The number of aliphatic hydroxyl groups is 1. The van der Waals surface area contributed by atoms with Gasteiger partial charge in [0.25, 0.3) is 5.88 Å². The zero-order chi connectivity index (χ0) is 38.9. The van der Waals surface area contributed by atoms with Crippen molar-refractivity contribution in [1.82, 2.24) is 15.0 Å². The number of fused-ring (bicyclic) bond motifs is 4. The molecule has 0 aliphatic heterocycles. The van der Waals surface area contributed by atoms with Gasteiger partial charge < -0.3 is 23.9 Å². The quantitative estimate of drug-likeness (QED) is 0.172. The van der Waals surface area contributed by atoms with Gasteiger partial charge in [0.15, 0.2) is 25.5 Å². The summed E-state index contributed by atoms with van der Waals surface area (Å²) in [6.07, 6.45) is 3.65. The minimum Gasteiger partial charge on any atom is -0.508 e. The highest BCUT2D eigenvalue weighted by atomic mass is 28.4. The summed E-state index contributed by atoms with van der Waals surface area (Å²) in [7, 11) is 0.834. The number of aromatic nitrogens is 2. The lowest BCUT2D eigenvalue weighted by Gasteiger charge is -2.55. The number of anilines is 2. The lowest BCUT2D eigenvalue weighted by atomic mass is 9.58. The van der Waals surface area contributed by atoms with Gasteiger partial charge in [0, 0.05) is 36.9 Å². The molecule has 7 rings (SSSR count). The first-order valence-corrected chi connectivity index (χ1v) is 21.0. The highest BCUT2D eigenvalue weighted by Crippen LogP contribution is 2.60. The maximum absolute atomic E-state index is 15.4. The number of nitrogens with zero attached hydrogens (tertiary/aromatic N) is 4. The van der Waals surface area contributed by atoms with Crippen LogP contribution in [-0.4, -0.2) is 70.7 Å². The third-order valence-electron chi connectivity index (χ3n) is 11.6. The van der Waals surface area contributed by atoms with Crippen LogP contribution >= 0.6 is 0 Å². The Kier molecular flexibility index (Phi) is 9.18. The molecule has 1 amide bonds. The summed E-state index contributed by atoms with van der Waals surface area (Å²) in [6, 6.07) is 15.3. The summed E-state index contributed by atoms with van der Waals surface area (Å²) >= 11 is 0. The Morgan fingerprint density at radius 3 is 2.33 bits per heavy atom. The summed E-state index contributed by atoms with van der Waals surface area (Å²) in [5, 5.41) is 28.1. The molecule has 0 spiro atoms. The minimum absolute atomic E-state index is 0.0145. The number of benzene rings is 2. The molecule has 2 heterocycles. The number of phenols is 1. The predicted octanol–water partition coefficient (Wildman–Crippen LogP) is 7.49. The first-order valence-electron chi connectivity index (χ1n) is 18.1. The lowest BCUT2D eigenvalue weighted by molar-refractivity contribution is -0.115. The Hall–Kier alpha value is -5.11.